The molecule has 28 heteroatoms. The highest BCUT2D eigenvalue weighted by molar-refractivity contribution is 6.01. The number of nitrogens with one attached hydrogen (secondary N) is 3. The topological polar surface area (TPSA) is 279 Å². The molecular weight excluding hydrogens is 1370 g/mol. The van der Waals surface area contributed by atoms with E-state index in [0.717, 1.165) is 51.4 Å². The zero-order chi connectivity index (χ0) is 78.2. The van der Waals surface area contributed by atoms with Crippen LogP contribution in [-0.2, 0) is 62.3 Å². The Kier molecular flexibility index (Phi) is 28.9. The molecule has 8 aliphatic rings. The lowest BCUT2D eigenvalue weighted by molar-refractivity contribution is -0.215. The molecular formula is C78H125F3N12O13. The van der Waals surface area contributed by atoms with Crippen LogP contribution in [0.4, 0.5) is 13.2 Å². The van der Waals surface area contributed by atoms with E-state index in [1.807, 2.05) is 33.8 Å². The Morgan fingerprint density at radius 2 is 1.26 bits per heavy atom. The summed E-state index contributed by atoms with van der Waals surface area (Å²) in [6.45, 7) is 12.5. The van der Waals surface area contributed by atoms with Gasteiger partial charge in [0.15, 0.2) is 0 Å². The average molecular weight is 1500 g/mol. The third-order valence-electron chi connectivity index (χ3n) is 25.2. The number of methoxy groups -OCH3 is 1. The Morgan fingerprint density at radius 1 is 0.651 bits per heavy atom. The summed E-state index contributed by atoms with van der Waals surface area (Å²) in [6.07, 6.45) is 6.78. The van der Waals surface area contributed by atoms with Gasteiger partial charge in [-0.1, -0.05) is 111 Å². The van der Waals surface area contributed by atoms with E-state index in [0.29, 0.717) is 31.6 Å². The number of fused-ring (bicyclic) bond motifs is 3. The SMILES string of the molecule is CC[C@H](C)[C@@H]1NC(=O)[C@H](CC2CC2)N(C)C(=O)C[C@@H](C(=O)N(C)CC)N(C)C(=O)[C@H](C2CCCC2)N(C)C(=O)C2(CC(C)(C)C2)NC(=O)[C@@H]2C[C@@H](C)CN2C(=O)[C@H](CCC2CCC(C(F)(F)F)C(OC)C2)NC(=O)CN(C)C(=O)[C@H](CC2CCC(C)CC2)N2CC/C=C\C[C@@H](C2=O)N(C)C(=O)CN(C)C1=O. The first-order valence-electron chi connectivity index (χ1n) is 39.4. The standard InChI is InChI=1S/C78H125F3N12O13/c1-16-49(5)65-73(103)87(10)44-64(96)88(11)56-25-19-18-22-36-92(72(56)102)60(39-50-28-26-47(3)27-29-50)71(101)86(9)43-62(94)82-55(35-33-52-32-34-54(78(79,80)81)61(40-52)106-15)69(99)93-42-48(4)37-58(93)68(98)84-77(45-76(6,7)46-77)75(105)91(14)66(53-23-20-21-24-53)74(104)90(13)59(70(100)85(8)17-2)41-63(95)89(12)57(67(97)83-65)38-51-30-31-51/h18-19,47-61,65-66H,16-17,20-46H2,1-15H3,(H,82,94)(H,83,97)(H,84,98)/b19-18-/t47?,48-,49+,50?,52?,54?,55+,56+,57+,58+,59+,60+,61?,65+,66+/m1/s1. The van der Waals surface area contributed by atoms with Crippen molar-refractivity contribution in [2.45, 2.75) is 269 Å². The predicted molar refractivity (Wildman–Crippen MR) is 392 cm³/mol. The second-order valence-corrected chi connectivity index (χ2v) is 34.0. The van der Waals surface area contributed by atoms with E-state index >= 15 is 33.6 Å². The maximum atomic E-state index is 15.8. The molecule has 12 amide bonds. The second kappa shape index (κ2) is 36.1. The second-order valence-electron chi connectivity index (χ2n) is 34.0. The van der Waals surface area contributed by atoms with Crippen LogP contribution in [0.25, 0.3) is 0 Å². The first kappa shape index (κ1) is 84.7. The summed E-state index contributed by atoms with van der Waals surface area (Å²) in [5, 5.41) is 8.99. The Bertz CT molecular complexity index is 3200. The van der Waals surface area contributed by atoms with Crippen LogP contribution >= 0.6 is 0 Å². The fourth-order valence-electron chi connectivity index (χ4n) is 18.2. The van der Waals surface area contributed by atoms with Crippen molar-refractivity contribution in [3.05, 3.63) is 12.2 Å². The van der Waals surface area contributed by atoms with Gasteiger partial charge in [0, 0.05) is 76.1 Å². The molecule has 0 radical (unpaired) electrons. The summed E-state index contributed by atoms with van der Waals surface area (Å²) >= 11 is 0. The molecule has 0 aromatic heterocycles. The molecule has 5 aliphatic carbocycles. The Labute approximate surface area is 626 Å². The molecule has 2 saturated heterocycles. The minimum absolute atomic E-state index is 0.00723. The zero-order valence-electron chi connectivity index (χ0n) is 65.9. The van der Waals surface area contributed by atoms with Crippen molar-refractivity contribution in [1.29, 1.82) is 0 Å². The first-order valence-corrected chi connectivity index (χ1v) is 39.4. The molecule has 8 rings (SSSR count). The highest BCUT2D eigenvalue weighted by atomic mass is 19.4. The summed E-state index contributed by atoms with van der Waals surface area (Å²) in [4.78, 5) is 195. The highest BCUT2D eigenvalue weighted by Crippen LogP contribution is 2.50. The molecule has 106 heavy (non-hydrogen) atoms. The normalized spacial score (nSPS) is 32.6. The van der Waals surface area contributed by atoms with Crippen LogP contribution in [0.1, 0.15) is 203 Å². The van der Waals surface area contributed by atoms with Crippen molar-refractivity contribution in [2.75, 3.05) is 89.2 Å². The van der Waals surface area contributed by atoms with E-state index in [1.54, 1.807) is 27.0 Å². The molecule has 596 valence electrons. The minimum Gasteiger partial charge on any atom is -0.381 e. The molecule has 1 spiro atoms. The van der Waals surface area contributed by atoms with Crippen molar-refractivity contribution in [3.63, 3.8) is 0 Å². The summed E-state index contributed by atoms with van der Waals surface area (Å²) in [6, 6.07) is -9.76. The molecule has 3 aliphatic heterocycles. The van der Waals surface area contributed by atoms with Gasteiger partial charge in [-0.25, -0.2) is 0 Å². The van der Waals surface area contributed by atoms with Gasteiger partial charge in [0.1, 0.15) is 53.9 Å². The monoisotopic (exact) mass is 1490 g/mol. The lowest BCUT2D eigenvalue weighted by Crippen LogP contribution is -2.71. The van der Waals surface area contributed by atoms with Gasteiger partial charge in [0.25, 0.3) is 0 Å². The van der Waals surface area contributed by atoms with Crippen LogP contribution in [-0.4, -0.2) is 270 Å². The number of alkyl halides is 3. The van der Waals surface area contributed by atoms with Gasteiger partial charge in [0.2, 0.25) is 70.9 Å². The van der Waals surface area contributed by atoms with Gasteiger partial charge in [-0.3, -0.25) is 57.5 Å². The fraction of sp³-hybridized carbons (Fsp3) is 0.821. The summed E-state index contributed by atoms with van der Waals surface area (Å²) < 4.78 is 48.4. The van der Waals surface area contributed by atoms with Gasteiger partial charge in [-0.05, 0) is 144 Å². The number of hydrogen-bond donors (Lipinski definition) is 3. The molecule has 0 aromatic carbocycles. The van der Waals surface area contributed by atoms with E-state index in [-0.39, 0.29) is 114 Å². The number of nitrogens with zero attached hydrogens (tertiary/aromatic N) is 9. The average Bonchev–Trinajstić information content (AvgIpc) is 1.27. The molecule has 3 unspecified atom stereocenters. The van der Waals surface area contributed by atoms with Crippen LogP contribution in [0, 0.1) is 52.8 Å². The minimum atomic E-state index is -4.51. The van der Waals surface area contributed by atoms with E-state index in [1.165, 1.54) is 93.5 Å². The zero-order valence-corrected chi connectivity index (χ0v) is 65.9. The predicted octanol–water partition coefficient (Wildman–Crippen LogP) is 6.55. The maximum absolute atomic E-state index is 15.8. The molecule has 7 fully saturated rings. The van der Waals surface area contributed by atoms with Gasteiger partial charge in [-0.15, -0.1) is 0 Å². The van der Waals surface area contributed by atoms with Crippen LogP contribution in [0.15, 0.2) is 12.2 Å². The van der Waals surface area contributed by atoms with Crippen molar-refractivity contribution in [1.82, 2.24) is 60.0 Å². The number of likely N-dealkylation sites (N-methyl/N-ethyl adjacent to an activating group) is 7. The van der Waals surface area contributed by atoms with Crippen molar-refractivity contribution < 1.29 is 75.4 Å². The number of hydrogen-bond acceptors (Lipinski definition) is 13. The molecule has 0 aromatic rings. The lowest BCUT2D eigenvalue weighted by atomic mass is 9.58. The van der Waals surface area contributed by atoms with Gasteiger partial charge < -0.3 is 64.8 Å². The first-order chi connectivity index (χ1) is 49.8. The Hall–Kier alpha value is -6.87. The molecule has 3 heterocycles. The van der Waals surface area contributed by atoms with Gasteiger partial charge in [-0.2, -0.15) is 13.2 Å². The van der Waals surface area contributed by atoms with E-state index in [4.69, 9.17) is 4.74 Å². The smallest absolute Gasteiger partial charge is 0.381 e. The van der Waals surface area contributed by atoms with Crippen LogP contribution in [0.5, 0.6) is 0 Å². The van der Waals surface area contributed by atoms with Crippen LogP contribution < -0.4 is 16.0 Å². The number of carbonyl (C=O) groups excluding carboxylic acids is 12. The number of amides is 12. The number of rotatable bonds is 13. The summed E-state index contributed by atoms with van der Waals surface area (Å²) in [5.41, 5.74) is -2.10. The molecule has 13 atom stereocenters. The number of carbonyl (C=O) groups is 12. The van der Waals surface area contributed by atoms with Gasteiger partial charge >= 0.3 is 6.18 Å². The lowest BCUT2D eigenvalue weighted by Gasteiger charge is -2.54. The number of ether oxygens (including phenoxy) is 1. The quantitative estimate of drug-likeness (QED) is 0.165. The van der Waals surface area contributed by atoms with Crippen LogP contribution in [0.2, 0.25) is 0 Å². The van der Waals surface area contributed by atoms with Crippen molar-refractivity contribution in [2.24, 2.45) is 52.8 Å². The Morgan fingerprint density at radius 3 is 1.86 bits per heavy atom. The van der Waals surface area contributed by atoms with Crippen molar-refractivity contribution in [3.8, 4) is 0 Å². The fourth-order valence-corrected chi connectivity index (χ4v) is 18.2. The van der Waals surface area contributed by atoms with E-state index in [9.17, 15) is 37.1 Å². The molecule has 2 bridgehead atoms. The van der Waals surface area contributed by atoms with Gasteiger partial charge in [0.05, 0.1) is 31.5 Å². The summed E-state index contributed by atoms with van der Waals surface area (Å²) in [5.74, 6) is -10.1. The molecule has 5 saturated carbocycles. The molecule has 25 nitrogen and oxygen atoms in total. The third-order valence-corrected chi connectivity index (χ3v) is 25.2. The molecule has 3 N–H and O–H groups in total. The van der Waals surface area contributed by atoms with Crippen molar-refractivity contribution >= 4 is 70.9 Å². The number of halogens is 3. The highest BCUT2D eigenvalue weighted by Gasteiger charge is 2.59. The van der Waals surface area contributed by atoms with E-state index < -0.39 is 180 Å². The largest absolute Gasteiger partial charge is 0.394 e. The summed E-state index contributed by atoms with van der Waals surface area (Å²) in [7, 11) is 11.5. The third kappa shape index (κ3) is 20.3. The Balaban J connectivity index is 1.20. The maximum Gasteiger partial charge on any atom is 0.394 e. The van der Waals surface area contributed by atoms with Crippen LogP contribution in [0.3, 0.4) is 0 Å². The van der Waals surface area contributed by atoms with E-state index in [2.05, 4.69) is 22.9 Å².